The van der Waals surface area contributed by atoms with Crippen molar-refractivity contribution in [3.05, 3.63) is 57.6 Å². The fourth-order valence-electron chi connectivity index (χ4n) is 4.04. The van der Waals surface area contributed by atoms with Crippen molar-refractivity contribution in [3.63, 3.8) is 0 Å². The van der Waals surface area contributed by atoms with E-state index in [9.17, 15) is 15.0 Å². The molecule has 0 aliphatic carbocycles. The largest absolute Gasteiger partial charge is 0.507 e. The van der Waals surface area contributed by atoms with Crippen LogP contribution in [0.25, 0.3) is 0 Å². The third-order valence-electron chi connectivity index (χ3n) is 5.94. The van der Waals surface area contributed by atoms with Gasteiger partial charge in [0.05, 0.1) is 0 Å². The van der Waals surface area contributed by atoms with Crippen LogP contribution >= 0.6 is 0 Å². The van der Waals surface area contributed by atoms with Crippen LogP contribution in [-0.2, 0) is 28.5 Å². The van der Waals surface area contributed by atoms with Crippen molar-refractivity contribution in [1.29, 1.82) is 0 Å². The van der Waals surface area contributed by atoms with Gasteiger partial charge in [-0.3, -0.25) is 4.79 Å². The normalized spacial score (nSPS) is 10.7. The summed E-state index contributed by atoms with van der Waals surface area (Å²) in [6.07, 6.45) is 2.80. The summed E-state index contributed by atoms with van der Waals surface area (Å²) in [5.41, 5.74) is 5.56. The van der Waals surface area contributed by atoms with Crippen LogP contribution in [0.5, 0.6) is 11.5 Å². The molecule has 0 heterocycles. The van der Waals surface area contributed by atoms with Crippen molar-refractivity contribution >= 4 is 5.91 Å². The van der Waals surface area contributed by atoms with Gasteiger partial charge in [-0.15, -0.1) is 0 Å². The van der Waals surface area contributed by atoms with Gasteiger partial charge in [0.2, 0.25) is 5.91 Å². The Hall–Kier alpha value is -2.49. The molecule has 0 aliphatic rings. The van der Waals surface area contributed by atoms with Gasteiger partial charge in [-0.1, -0.05) is 107 Å². The molecule has 0 unspecified atom stereocenters. The van der Waals surface area contributed by atoms with Crippen LogP contribution in [0.4, 0.5) is 0 Å². The van der Waals surface area contributed by atoms with Gasteiger partial charge in [0.25, 0.3) is 0 Å². The second-order valence-corrected chi connectivity index (χ2v) is 11.1. The lowest BCUT2D eigenvalue weighted by molar-refractivity contribution is -0.121. The minimum Gasteiger partial charge on any atom is -0.507 e. The lowest BCUT2D eigenvalue weighted by Gasteiger charge is -2.28. The lowest BCUT2D eigenvalue weighted by atomic mass is 9.78. The number of hydrogen-bond acceptors (Lipinski definition) is 3. The molecule has 0 radical (unpaired) electrons. The summed E-state index contributed by atoms with van der Waals surface area (Å²) >= 11 is 0. The molecule has 0 saturated carbocycles. The smallest absolute Gasteiger partial charge is 0.220 e. The summed E-state index contributed by atoms with van der Waals surface area (Å²) in [6.45, 7) is 29.0. The number of phenols is 2. The van der Waals surface area contributed by atoms with Crippen LogP contribution in [0.15, 0.2) is 24.3 Å². The first-order chi connectivity index (χ1) is 17.7. The van der Waals surface area contributed by atoms with Gasteiger partial charge in [0.15, 0.2) is 0 Å². The molecule has 218 valence electrons. The highest BCUT2D eigenvalue weighted by molar-refractivity contribution is 5.76. The number of phenolic OH excluding ortho intramolecular Hbond substituents is 2. The van der Waals surface area contributed by atoms with Crippen LogP contribution < -0.4 is 5.32 Å². The predicted molar refractivity (Wildman–Crippen MR) is 167 cm³/mol. The Kier molecular flexibility index (Phi) is 17.8. The van der Waals surface area contributed by atoms with Gasteiger partial charge in [-0.2, -0.15) is 0 Å². The summed E-state index contributed by atoms with van der Waals surface area (Å²) in [7, 11) is 0. The molecular formula is C34H59NO3. The van der Waals surface area contributed by atoms with Gasteiger partial charge in [0.1, 0.15) is 11.5 Å². The summed E-state index contributed by atoms with van der Waals surface area (Å²) in [4.78, 5) is 12.4. The van der Waals surface area contributed by atoms with E-state index in [4.69, 9.17) is 0 Å². The molecule has 2 aromatic rings. The molecule has 0 aromatic heterocycles. The topological polar surface area (TPSA) is 69.6 Å². The molecule has 0 fully saturated rings. The minimum atomic E-state index is -0.173. The highest BCUT2D eigenvalue weighted by Crippen LogP contribution is 2.40. The van der Waals surface area contributed by atoms with Crippen LogP contribution in [0.1, 0.15) is 129 Å². The average molecular weight is 530 g/mol. The summed E-state index contributed by atoms with van der Waals surface area (Å²) in [5.74, 6) is 0.782. The molecule has 2 rings (SSSR count). The van der Waals surface area contributed by atoms with Crippen molar-refractivity contribution in [3.8, 4) is 11.5 Å². The minimum absolute atomic E-state index is 0.0470. The zero-order chi connectivity index (χ0) is 30.3. The van der Waals surface area contributed by atoms with E-state index >= 15 is 0 Å². The zero-order valence-electron chi connectivity index (χ0n) is 27.1. The standard InChI is InChI=1S/C28H41NO3.3C2H6/c1-18-14-20(15-19(2)25(18)31)10-9-13-29-24(30)12-11-21-16-22(27(3,4)5)26(32)23(17-21)28(6,7)8;3*1-2/h14-17,31-32H,9-13H2,1-8H3,(H,29,30);3*1-2H3. The number of carbonyl (C=O) groups is 1. The molecule has 0 aliphatic heterocycles. The first-order valence-electron chi connectivity index (χ1n) is 14.6. The first kappa shape index (κ1) is 37.7. The Morgan fingerprint density at radius 3 is 1.47 bits per heavy atom. The molecule has 38 heavy (non-hydrogen) atoms. The van der Waals surface area contributed by atoms with Crippen LogP contribution in [0.2, 0.25) is 0 Å². The van der Waals surface area contributed by atoms with E-state index in [-0.39, 0.29) is 16.7 Å². The van der Waals surface area contributed by atoms with E-state index in [0.29, 0.717) is 30.9 Å². The van der Waals surface area contributed by atoms with Crippen molar-refractivity contribution < 1.29 is 15.0 Å². The maximum Gasteiger partial charge on any atom is 0.220 e. The number of benzene rings is 2. The second kappa shape index (κ2) is 17.9. The molecule has 0 bridgehead atoms. The van der Waals surface area contributed by atoms with Gasteiger partial charge < -0.3 is 15.5 Å². The Morgan fingerprint density at radius 2 is 1.08 bits per heavy atom. The number of hydrogen-bond donors (Lipinski definition) is 3. The molecule has 0 atom stereocenters. The Balaban J connectivity index is 0. The lowest BCUT2D eigenvalue weighted by Crippen LogP contribution is -2.25. The number of aryl methyl sites for hydroxylation is 4. The highest BCUT2D eigenvalue weighted by atomic mass is 16.3. The molecule has 1 amide bonds. The fourth-order valence-corrected chi connectivity index (χ4v) is 4.04. The highest BCUT2D eigenvalue weighted by Gasteiger charge is 2.26. The summed E-state index contributed by atoms with van der Waals surface area (Å²) in [5, 5.41) is 23.8. The fraction of sp³-hybridized carbons (Fsp3) is 0.618. The SMILES string of the molecule is CC.CC.CC.Cc1cc(CCCNC(=O)CCc2cc(C(C)(C)C)c(O)c(C(C)(C)C)c2)cc(C)c1O. The second-order valence-electron chi connectivity index (χ2n) is 11.1. The van der Waals surface area contributed by atoms with E-state index < -0.39 is 0 Å². The van der Waals surface area contributed by atoms with Gasteiger partial charge >= 0.3 is 0 Å². The third-order valence-corrected chi connectivity index (χ3v) is 5.94. The Labute approximate surface area is 235 Å². The first-order valence-corrected chi connectivity index (χ1v) is 14.6. The van der Waals surface area contributed by atoms with E-state index in [1.807, 2.05) is 79.7 Å². The molecule has 0 saturated heterocycles. The number of amides is 1. The summed E-state index contributed by atoms with van der Waals surface area (Å²) < 4.78 is 0. The number of nitrogens with one attached hydrogen (secondary N) is 1. The van der Waals surface area contributed by atoms with Crippen molar-refractivity contribution in [1.82, 2.24) is 5.32 Å². The molecule has 2 aromatic carbocycles. The average Bonchev–Trinajstić information content (AvgIpc) is 2.86. The van der Waals surface area contributed by atoms with E-state index in [1.54, 1.807) is 0 Å². The molecule has 4 heteroatoms. The Morgan fingerprint density at radius 1 is 0.684 bits per heavy atom. The van der Waals surface area contributed by atoms with Crippen LogP contribution in [-0.4, -0.2) is 22.7 Å². The van der Waals surface area contributed by atoms with Crippen molar-refractivity contribution in [2.75, 3.05) is 6.54 Å². The molecule has 4 nitrogen and oxygen atoms in total. The van der Waals surface area contributed by atoms with Gasteiger partial charge in [-0.05, 0) is 77.3 Å². The van der Waals surface area contributed by atoms with Crippen LogP contribution in [0.3, 0.4) is 0 Å². The number of rotatable bonds is 7. The van der Waals surface area contributed by atoms with E-state index in [2.05, 4.69) is 46.9 Å². The monoisotopic (exact) mass is 529 g/mol. The third kappa shape index (κ3) is 12.4. The van der Waals surface area contributed by atoms with Crippen LogP contribution in [0, 0.1) is 13.8 Å². The van der Waals surface area contributed by atoms with E-state index in [1.165, 1.54) is 5.56 Å². The Bertz CT molecular complexity index is 905. The van der Waals surface area contributed by atoms with Gasteiger partial charge in [0, 0.05) is 13.0 Å². The molecular weight excluding hydrogens is 470 g/mol. The molecule has 3 N–H and O–H groups in total. The van der Waals surface area contributed by atoms with E-state index in [0.717, 1.165) is 40.7 Å². The number of aromatic hydroxyl groups is 2. The van der Waals surface area contributed by atoms with Crippen molar-refractivity contribution in [2.24, 2.45) is 0 Å². The quantitative estimate of drug-likeness (QED) is 0.313. The zero-order valence-corrected chi connectivity index (χ0v) is 27.1. The molecule has 0 spiro atoms. The predicted octanol–water partition coefficient (Wildman–Crippen LogP) is 9.07. The maximum absolute atomic E-state index is 12.4. The number of carbonyl (C=O) groups excluding carboxylic acids is 1. The van der Waals surface area contributed by atoms with Gasteiger partial charge in [-0.25, -0.2) is 0 Å². The van der Waals surface area contributed by atoms with Crippen molar-refractivity contribution in [2.45, 2.75) is 133 Å². The summed E-state index contributed by atoms with van der Waals surface area (Å²) in [6, 6.07) is 8.11. The maximum atomic E-state index is 12.4.